The molecule has 0 aliphatic rings. The van der Waals surface area contributed by atoms with Gasteiger partial charge in [0.15, 0.2) is 5.60 Å². The van der Waals surface area contributed by atoms with Gasteiger partial charge in [-0.15, -0.1) is 0 Å². The number of amides is 1. The minimum Gasteiger partial charge on any atom is -0.506 e. The van der Waals surface area contributed by atoms with Crippen LogP contribution in [0.5, 0.6) is 11.5 Å². The van der Waals surface area contributed by atoms with Crippen molar-refractivity contribution in [3.63, 3.8) is 0 Å². The molecule has 0 aliphatic heterocycles. The van der Waals surface area contributed by atoms with Gasteiger partial charge in [-0.2, -0.15) is 4.31 Å². The Morgan fingerprint density at radius 1 is 1.14 bits per heavy atom. The van der Waals surface area contributed by atoms with E-state index in [1.165, 1.54) is 22.5 Å². The predicted molar refractivity (Wildman–Crippen MR) is 113 cm³/mol. The Balaban J connectivity index is 2.26. The van der Waals surface area contributed by atoms with Crippen LogP contribution < -0.4 is 10.1 Å². The molecule has 0 aliphatic carbocycles. The third kappa shape index (κ3) is 5.41. The molecular formula is C20H25ClN2O5S. The highest BCUT2D eigenvalue weighted by molar-refractivity contribution is 7.89. The van der Waals surface area contributed by atoms with Crippen molar-refractivity contribution in [2.45, 2.75) is 38.2 Å². The smallest absolute Gasteiger partial charge is 0.268 e. The molecule has 0 fully saturated rings. The molecule has 2 aromatic carbocycles. The number of rotatable bonds is 8. The summed E-state index contributed by atoms with van der Waals surface area (Å²) in [7, 11) is -3.74. The van der Waals surface area contributed by atoms with Gasteiger partial charge in [0.2, 0.25) is 10.0 Å². The SMILES string of the molecule is CCN(CC)S(=O)(=O)c1ccc(O)c(NC(=O)C(C)(C)Oc2ccc(Cl)cc2)c1. The van der Waals surface area contributed by atoms with Crippen molar-refractivity contribution >= 4 is 33.2 Å². The van der Waals surface area contributed by atoms with Crippen molar-refractivity contribution in [1.29, 1.82) is 0 Å². The van der Waals surface area contributed by atoms with Crippen LogP contribution in [0.1, 0.15) is 27.7 Å². The molecule has 0 saturated heterocycles. The van der Waals surface area contributed by atoms with Gasteiger partial charge in [0.25, 0.3) is 5.91 Å². The number of halogens is 1. The quantitative estimate of drug-likeness (QED) is 0.607. The highest BCUT2D eigenvalue weighted by Crippen LogP contribution is 2.29. The zero-order valence-electron chi connectivity index (χ0n) is 16.8. The number of nitrogens with one attached hydrogen (secondary N) is 1. The number of carbonyl (C=O) groups excluding carboxylic acids is 1. The van der Waals surface area contributed by atoms with E-state index < -0.39 is 21.5 Å². The van der Waals surface area contributed by atoms with Crippen LogP contribution in [0, 0.1) is 0 Å². The number of nitrogens with zero attached hydrogens (tertiary/aromatic N) is 1. The number of anilines is 1. The first kappa shape index (κ1) is 23.0. The third-order valence-corrected chi connectivity index (χ3v) is 6.59. The monoisotopic (exact) mass is 440 g/mol. The summed E-state index contributed by atoms with van der Waals surface area (Å²) in [5, 5.41) is 13.2. The first-order valence-electron chi connectivity index (χ1n) is 9.10. The zero-order chi connectivity index (χ0) is 21.8. The average Bonchev–Trinajstić information content (AvgIpc) is 2.65. The fourth-order valence-corrected chi connectivity index (χ4v) is 4.22. The summed E-state index contributed by atoms with van der Waals surface area (Å²) in [4.78, 5) is 12.7. The van der Waals surface area contributed by atoms with E-state index in [0.717, 1.165) is 0 Å². The molecular weight excluding hydrogens is 416 g/mol. The molecule has 9 heteroatoms. The van der Waals surface area contributed by atoms with E-state index in [4.69, 9.17) is 16.3 Å². The largest absolute Gasteiger partial charge is 0.506 e. The molecule has 7 nitrogen and oxygen atoms in total. The Kier molecular flexibility index (Phi) is 7.15. The van der Waals surface area contributed by atoms with Crippen LogP contribution in [0.4, 0.5) is 5.69 Å². The Hall–Kier alpha value is -2.29. The van der Waals surface area contributed by atoms with Crippen molar-refractivity contribution in [1.82, 2.24) is 4.31 Å². The minimum absolute atomic E-state index is 0.0176. The number of carbonyl (C=O) groups is 1. The lowest BCUT2D eigenvalue weighted by molar-refractivity contribution is -0.128. The lowest BCUT2D eigenvalue weighted by Crippen LogP contribution is -2.42. The molecule has 29 heavy (non-hydrogen) atoms. The van der Waals surface area contributed by atoms with E-state index in [2.05, 4.69) is 5.32 Å². The van der Waals surface area contributed by atoms with Crippen LogP contribution in [0.3, 0.4) is 0 Å². The standard InChI is InChI=1S/C20H25ClN2O5S/c1-5-23(6-2)29(26,27)16-11-12-18(24)17(13-16)22-19(25)20(3,4)28-15-9-7-14(21)8-10-15/h7-13,24H,5-6H2,1-4H3,(H,22,25). The number of phenols is 1. The predicted octanol–water partition coefficient (Wildman–Crippen LogP) is 3.87. The second-order valence-electron chi connectivity index (χ2n) is 6.79. The van der Waals surface area contributed by atoms with Crippen LogP contribution in [0.2, 0.25) is 5.02 Å². The topological polar surface area (TPSA) is 95.9 Å². The summed E-state index contributed by atoms with van der Waals surface area (Å²) in [6, 6.07) is 10.3. The van der Waals surface area contributed by atoms with Gasteiger partial charge in [0.1, 0.15) is 11.5 Å². The van der Waals surface area contributed by atoms with Crippen molar-refractivity contribution in [2.75, 3.05) is 18.4 Å². The summed E-state index contributed by atoms with van der Waals surface area (Å²) in [5.41, 5.74) is -1.32. The minimum atomic E-state index is -3.74. The first-order chi connectivity index (χ1) is 13.5. The summed E-state index contributed by atoms with van der Waals surface area (Å²) >= 11 is 5.85. The number of hydrogen-bond donors (Lipinski definition) is 2. The normalized spacial score (nSPS) is 12.1. The number of benzene rings is 2. The van der Waals surface area contributed by atoms with Crippen LogP contribution in [-0.2, 0) is 14.8 Å². The highest BCUT2D eigenvalue weighted by atomic mass is 35.5. The van der Waals surface area contributed by atoms with Gasteiger partial charge in [-0.1, -0.05) is 25.4 Å². The number of hydrogen-bond acceptors (Lipinski definition) is 5. The Morgan fingerprint density at radius 2 is 1.72 bits per heavy atom. The molecule has 1 amide bonds. The van der Waals surface area contributed by atoms with Gasteiger partial charge >= 0.3 is 0 Å². The maximum absolute atomic E-state index is 12.7. The molecule has 0 bridgehead atoms. The van der Waals surface area contributed by atoms with E-state index in [-0.39, 0.29) is 16.3 Å². The molecule has 2 aromatic rings. The van der Waals surface area contributed by atoms with E-state index >= 15 is 0 Å². The maximum Gasteiger partial charge on any atom is 0.268 e. The number of aromatic hydroxyl groups is 1. The molecule has 0 unspecified atom stereocenters. The van der Waals surface area contributed by atoms with Crippen LogP contribution >= 0.6 is 11.6 Å². The summed E-state index contributed by atoms with van der Waals surface area (Å²) in [6.45, 7) is 7.21. The molecule has 0 saturated carbocycles. The van der Waals surface area contributed by atoms with Crippen molar-refractivity contribution < 1.29 is 23.1 Å². The van der Waals surface area contributed by atoms with Crippen molar-refractivity contribution in [3.8, 4) is 11.5 Å². The average molecular weight is 441 g/mol. The second kappa shape index (κ2) is 9.02. The van der Waals surface area contributed by atoms with Gasteiger partial charge in [0.05, 0.1) is 10.6 Å². The van der Waals surface area contributed by atoms with E-state index in [1.807, 2.05) is 0 Å². The Bertz CT molecular complexity index is 971. The molecule has 158 valence electrons. The molecule has 2 N–H and O–H groups in total. The number of ether oxygens (including phenoxy) is 1. The summed E-state index contributed by atoms with van der Waals surface area (Å²) in [6.07, 6.45) is 0. The van der Waals surface area contributed by atoms with Gasteiger partial charge in [-0.3, -0.25) is 4.79 Å². The zero-order valence-corrected chi connectivity index (χ0v) is 18.3. The van der Waals surface area contributed by atoms with Gasteiger partial charge in [0, 0.05) is 18.1 Å². The fraction of sp³-hybridized carbons (Fsp3) is 0.350. The molecule has 0 radical (unpaired) electrons. The Morgan fingerprint density at radius 3 is 2.28 bits per heavy atom. The second-order valence-corrected chi connectivity index (χ2v) is 9.16. The lowest BCUT2D eigenvalue weighted by atomic mass is 10.1. The van der Waals surface area contributed by atoms with Crippen LogP contribution in [0.25, 0.3) is 0 Å². The molecule has 0 atom stereocenters. The third-order valence-electron chi connectivity index (χ3n) is 4.29. The Labute approximate surface area is 176 Å². The van der Waals surface area contributed by atoms with Gasteiger partial charge in [-0.05, 0) is 56.3 Å². The highest BCUT2D eigenvalue weighted by Gasteiger charge is 2.31. The number of phenolic OH excluding ortho intramolecular Hbond substituents is 1. The van der Waals surface area contributed by atoms with Crippen molar-refractivity contribution in [2.24, 2.45) is 0 Å². The lowest BCUT2D eigenvalue weighted by Gasteiger charge is -2.26. The van der Waals surface area contributed by atoms with E-state index in [9.17, 15) is 18.3 Å². The summed E-state index contributed by atoms with van der Waals surface area (Å²) in [5.74, 6) is -0.365. The molecule has 0 aromatic heterocycles. The van der Waals surface area contributed by atoms with E-state index in [1.54, 1.807) is 52.0 Å². The molecule has 0 spiro atoms. The molecule has 2 rings (SSSR count). The van der Waals surface area contributed by atoms with Gasteiger partial charge in [-0.25, -0.2) is 8.42 Å². The van der Waals surface area contributed by atoms with Crippen molar-refractivity contribution in [3.05, 3.63) is 47.5 Å². The van der Waals surface area contributed by atoms with Gasteiger partial charge < -0.3 is 15.2 Å². The van der Waals surface area contributed by atoms with Crippen LogP contribution in [-0.4, -0.2) is 42.4 Å². The summed E-state index contributed by atoms with van der Waals surface area (Å²) < 4.78 is 32.4. The fourth-order valence-electron chi connectivity index (χ4n) is 2.60. The van der Waals surface area contributed by atoms with Crippen LogP contribution in [0.15, 0.2) is 47.4 Å². The van der Waals surface area contributed by atoms with E-state index in [0.29, 0.717) is 23.9 Å². The molecule has 0 heterocycles. The maximum atomic E-state index is 12.7. The number of sulfonamides is 1. The first-order valence-corrected chi connectivity index (χ1v) is 10.9.